The van der Waals surface area contributed by atoms with E-state index in [2.05, 4.69) is 10.3 Å². The summed E-state index contributed by atoms with van der Waals surface area (Å²) in [6.45, 7) is 1.47. The molecule has 0 fully saturated rings. The highest BCUT2D eigenvalue weighted by Gasteiger charge is 2.03. The Labute approximate surface area is 99.0 Å². The molecule has 0 aliphatic carbocycles. The zero-order valence-electron chi connectivity index (χ0n) is 8.81. The van der Waals surface area contributed by atoms with Crippen LogP contribution in [0, 0.1) is 0 Å². The number of nitrogens with zero attached hydrogens (tertiary/aromatic N) is 3. The number of halogens is 1. The van der Waals surface area contributed by atoms with E-state index in [-0.39, 0.29) is 0 Å². The summed E-state index contributed by atoms with van der Waals surface area (Å²) < 4.78 is 1.80. The fraction of sp³-hybridized carbons (Fsp3) is 0.273. The van der Waals surface area contributed by atoms with Gasteiger partial charge >= 0.3 is 0 Å². The summed E-state index contributed by atoms with van der Waals surface area (Å²) >= 11 is 5.82. The molecule has 0 unspecified atom stereocenters. The normalized spacial score (nSPS) is 10.6. The first-order valence-corrected chi connectivity index (χ1v) is 5.53. The summed E-state index contributed by atoms with van der Waals surface area (Å²) in [7, 11) is 0. The highest BCUT2D eigenvalue weighted by atomic mass is 35.5. The molecule has 0 saturated heterocycles. The van der Waals surface area contributed by atoms with Crippen molar-refractivity contribution in [2.45, 2.75) is 13.0 Å². The van der Waals surface area contributed by atoms with Crippen LogP contribution in [0.15, 0.2) is 30.5 Å². The van der Waals surface area contributed by atoms with E-state index in [0.717, 1.165) is 29.2 Å². The first kappa shape index (κ1) is 11.1. The van der Waals surface area contributed by atoms with E-state index in [4.69, 9.17) is 17.3 Å². The molecule has 0 radical (unpaired) electrons. The van der Waals surface area contributed by atoms with E-state index in [1.807, 2.05) is 30.5 Å². The summed E-state index contributed by atoms with van der Waals surface area (Å²) in [6.07, 6.45) is 2.82. The van der Waals surface area contributed by atoms with Gasteiger partial charge in [0.25, 0.3) is 0 Å². The molecule has 5 heteroatoms. The Balaban J connectivity index is 2.15. The number of aryl methyl sites for hydroxylation is 1. The molecule has 0 aliphatic heterocycles. The highest BCUT2D eigenvalue weighted by Crippen LogP contribution is 2.18. The number of benzene rings is 1. The quantitative estimate of drug-likeness (QED) is 0.883. The van der Waals surface area contributed by atoms with Gasteiger partial charge in [-0.3, -0.25) is 4.68 Å². The van der Waals surface area contributed by atoms with Crippen molar-refractivity contribution in [1.29, 1.82) is 0 Å². The lowest BCUT2D eigenvalue weighted by Gasteiger charge is -1.96. The fourth-order valence-electron chi connectivity index (χ4n) is 1.41. The van der Waals surface area contributed by atoms with Crippen LogP contribution in [0.2, 0.25) is 5.02 Å². The molecule has 2 rings (SSSR count). The van der Waals surface area contributed by atoms with Crippen LogP contribution in [-0.2, 0) is 6.54 Å². The number of hydrogen-bond acceptors (Lipinski definition) is 3. The predicted molar refractivity (Wildman–Crippen MR) is 64.1 cm³/mol. The maximum Gasteiger partial charge on any atom is 0.113 e. The van der Waals surface area contributed by atoms with E-state index >= 15 is 0 Å². The molecule has 0 spiro atoms. The molecular weight excluding hydrogens is 224 g/mol. The first-order valence-electron chi connectivity index (χ1n) is 5.16. The Hall–Kier alpha value is -1.39. The molecule has 0 bridgehead atoms. The second kappa shape index (κ2) is 5.09. The molecule has 0 amide bonds. The Morgan fingerprint density at radius 1 is 1.25 bits per heavy atom. The zero-order chi connectivity index (χ0) is 11.4. The fourth-order valence-corrected chi connectivity index (χ4v) is 1.54. The van der Waals surface area contributed by atoms with E-state index < -0.39 is 0 Å². The van der Waals surface area contributed by atoms with Gasteiger partial charge in [-0.05, 0) is 25.1 Å². The molecule has 1 aromatic heterocycles. The lowest BCUT2D eigenvalue weighted by atomic mass is 10.2. The molecule has 16 heavy (non-hydrogen) atoms. The van der Waals surface area contributed by atoms with Gasteiger partial charge in [0.2, 0.25) is 0 Å². The van der Waals surface area contributed by atoms with Crippen molar-refractivity contribution in [2.24, 2.45) is 5.73 Å². The van der Waals surface area contributed by atoms with Gasteiger partial charge in [0.15, 0.2) is 0 Å². The third-order valence-corrected chi connectivity index (χ3v) is 2.52. The molecule has 2 N–H and O–H groups in total. The van der Waals surface area contributed by atoms with Gasteiger partial charge in [-0.1, -0.05) is 28.9 Å². The Kier molecular flexibility index (Phi) is 3.54. The molecule has 4 nitrogen and oxygen atoms in total. The minimum Gasteiger partial charge on any atom is -0.330 e. The van der Waals surface area contributed by atoms with Crippen LogP contribution in [0.5, 0.6) is 0 Å². The molecular formula is C11H13ClN4. The number of rotatable bonds is 4. The average Bonchev–Trinajstić information content (AvgIpc) is 2.76. The van der Waals surface area contributed by atoms with Crippen molar-refractivity contribution < 1.29 is 0 Å². The largest absolute Gasteiger partial charge is 0.330 e. The van der Waals surface area contributed by atoms with Crippen molar-refractivity contribution in [3.8, 4) is 11.3 Å². The highest BCUT2D eigenvalue weighted by molar-refractivity contribution is 6.30. The second-order valence-corrected chi connectivity index (χ2v) is 3.95. The van der Waals surface area contributed by atoms with Gasteiger partial charge in [0.05, 0.1) is 6.20 Å². The van der Waals surface area contributed by atoms with Crippen LogP contribution in [0.25, 0.3) is 11.3 Å². The maximum atomic E-state index is 5.82. The zero-order valence-corrected chi connectivity index (χ0v) is 9.56. The van der Waals surface area contributed by atoms with Gasteiger partial charge in [-0.15, -0.1) is 5.10 Å². The SMILES string of the molecule is NCCCn1cc(-c2ccc(Cl)cc2)nn1. The van der Waals surface area contributed by atoms with Crippen molar-refractivity contribution in [2.75, 3.05) is 6.54 Å². The molecule has 0 aliphatic rings. The van der Waals surface area contributed by atoms with Crippen LogP contribution in [0.1, 0.15) is 6.42 Å². The lowest BCUT2D eigenvalue weighted by Crippen LogP contribution is -2.06. The number of aromatic nitrogens is 3. The second-order valence-electron chi connectivity index (χ2n) is 3.52. The van der Waals surface area contributed by atoms with Gasteiger partial charge in [0.1, 0.15) is 5.69 Å². The third kappa shape index (κ3) is 2.59. The topological polar surface area (TPSA) is 56.7 Å². The summed E-state index contributed by atoms with van der Waals surface area (Å²) in [5.74, 6) is 0. The van der Waals surface area contributed by atoms with Crippen LogP contribution in [0.3, 0.4) is 0 Å². The minimum atomic E-state index is 0.663. The van der Waals surface area contributed by atoms with Gasteiger partial charge in [-0.2, -0.15) is 0 Å². The van der Waals surface area contributed by atoms with E-state index in [9.17, 15) is 0 Å². The van der Waals surface area contributed by atoms with Crippen molar-refractivity contribution >= 4 is 11.6 Å². The van der Waals surface area contributed by atoms with Crippen molar-refractivity contribution in [1.82, 2.24) is 15.0 Å². The van der Waals surface area contributed by atoms with Crippen LogP contribution in [-0.4, -0.2) is 21.5 Å². The summed E-state index contributed by atoms with van der Waals surface area (Å²) in [5, 5.41) is 8.85. The number of nitrogens with two attached hydrogens (primary N) is 1. The summed E-state index contributed by atoms with van der Waals surface area (Å²) in [6, 6.07) is 7.55. The standard InChI is InChI=1S/C11H13ClN4/c12-10-4-2-9(3-5-10)11-8-16(15-14-11)7-1-6-13/h2-5,8H,1,6-7,13H2. The van der Waals surface area contributed by atoms with Crippen LogP contribution in [0.4, 0.5) is 0 Å². The lowest BCUT2D eigenvalue weighted by molar-refractivity contribution is 0.564. The van der Waals surface area contributed by atoms with Crippen LogP contribution >= 0.6 is 11.6 Å². The Bertz CT molecular complexity index is 449. The first-order chi connectivity index (χ1) is 7.79. The molecule has 1 aromatic carbocycles. The maximum absolute atomic E-state index is 5.82. The molecule has 1 heterocycles. The molecule has 2 aromatic rings. The Morgan fingerprint density at radius 2 is 2.00 bits per heavy atom. The minimum absolute atomic E-state index is 0.663. The van der Waals surface area contributed by atoms with Crippen molar-refractivity contribution in [3.05, 3.63) is 35.5 Å². The summed E-state index contributed by atoms with van der Waals surface area (Å²) in [4.78, 5) is 0. The van der Waals surface area contributed by atoms with Crippen molar-refractivity contribution in [3.63, 3.8) is 0 Å². The van der Waals surface area contributed by atoms with E-state index in [1.165, 1.54) is 0 Å². The molecule has 84 valence electrons. The van der Waals surface area contributed by atoms with E-state index in [1.54, 1.807) is 4.68 Å². The molecule has 0 saturated carbocycles. The number of hydrogen-bond donors (Lipinski definition) is 1. The van der Waals surface area contributed by atoms with Gasteiger partial charge in [-0.25, -0.2) is 0 Å². The Morgan fingerprint density at radius 3 is 2.69 bits per heavy atom. The monoisotopic (exact) mass is 236 g/mol. The van der Waals surface area contributed by atoms with E-state index in [0.29, 0.717) is 6.54 Å². The van der Waals surface area contributed by atoms with Crippen LogP contribution < -0.4 is 5.73 Å². The van der Waals surface area contributed by atoms with Gasteiger partial charge < -0.3 is 5.73 Å². The van der Waals surface area contributed by atoms with Gasteiger partial charge in [0, 0.05) is 17.1 Å². The summed E-state index contributed by atoms with van der Waals surface area (Å²) in [5.41, 5.74) is 7.31. The molecule has 0 atom stereocenters. The predicted octanol–water partition coefficient (Wildman–Crippen LogP) is 1.95. The average molecular weight is 237 g/mol. The third-order valence-electron chi connectivity index (χ3n) is 2.27. The smallest absolute Gasteiger partial charge is 0.113 e.